The number of anilines is 1. The number of thioether (sulfide) groups is 1. The van der Waals surface area contributed by atoms with Crippen molar-refractivity contribution in [3.63, 3.8) is 0 Å². The Morgan fingerprint density at radius 1 is 1.22 bits per heavy atom. The molecule has 2 aromatic heterocycles. The zero-order valence-electron chi connectivity index (χ0n) is 21.6. The summed E-state index contributed by atoms with van der Waals surface area (Å²) in [5, 5.41) is 22.5. The standard InChI is InChI=1S/C27H33N5O2S2/c1-17(34-19-13-11-18(12-14-19)27(2,3)4)24-30-31-26(32(24)5)35-16-23(33)29-25-21(15-28)20-9-7-6-8-10-22(20)36-25/h11-14,17H,6-10,16H2,1-5H3,(H,29,33). The second-order valence-corrected chi connectivity index (χ2v) is 12.2. The molecule has 190 valence electrons. The normalized spacial score (nSPS) is 14.4. The van der Waals surface area contributed by atoms with Crippen molar-refractivity contribution in [2.45, 2.75) is 76.5 Å². The third-order valence-corrected chi connectivity index (χ3v) is 8.61. The number of carbonyl (C=O) groups is 1. The van der Waals surface area contributed by atoms with E-state index in [4.69, 9.17) is 4.74 Å². The molecule has 0 aliphatic heterocycles. The van der Waals surface area contributed by atoms with E-state index in [1.54, 1.807) is 11.3 Å². The lowest BCUT2D eigenvalue weighted by molar-refractivity contribution is -0.113. The van der Waals surface area contributed by atoms with Crippen molar-refractivity contribution >= 4 is 34.0 Å². The molecule has 0 bridgehead atoms. The molecule has 0 saturated heterocycles. The van der Waals surface area contributed by atoms with Crippen molar-refractivity contribution < 1.29 is 9.53 Å². The number of nitrogens with one attached hydrogen (secondary N) is 1. The summed E-state index contributed by atoms with van der Waals surface area (Å²) in [6.45, 7) is 8.48. The van der Waals surface area contributed by atoms with Gasteiger partial charge in [-0.3, -0.25) is 4.79 Å². The van der Waals surface area contributed by atoms with Crippen molar-refractivity contribution in [2.75, 3.05) is 11.1 Å². The third-order valence-electron chi connectivity index (χ3n) is 6.38. The number of rotatable bonds is 7. The number of benzene rings is 1. The number of carbonyl (C=O) groups excluding carboxylic acids is 1. The quantitative estimate of drug-likeness (QED) is 0.293. The summed E-state index contributed by atoms with van der Waals surface area (Å²) in [4.78, 5) is 14.0. The Morgan fingerprint density at radius 2 is 1.94 bits per heavy atom. The van der Waals surface area contributed by atoms with Crippen LogP contribution in [-0.4, -0.2) is 26.4 Å². The second kappa shape index (κ2) is 11.1. The minimum atomic E-state index is -0.300. The summed E-state index contributed by atoms with van der Waals surface area (Å²) in [6, 6.07) is 10.4. The van der Waals surface area contributed by atoms with Crippen LogP contribution in [0.4, 0.5) is 5.00 Å². The molecule has 1 N–H and O–H groups in total. The van der Waals surface area contributed by atoms with Crippen LogP contribution < -0.4 is 10.1 Å². The van der Waals surface area contributed by atoms with Crippen molar-refractivity contribution in [1.82, 2.24) is 14.8 Å². The van der Waals surface area contributed by atoms with Gasteiger partial charge in [-0.15, -0.1) is 21.5 Å². The Kier molecular flexibility index (Phi) is 8.06. The molecule has 0 saturated carbocycles. The highest BCUT2D eigenvalue weighted by Gasteiger charge is 2.22. The number of aryl methyl sites for hydroxylation is 1. The first-order chi connectivity index (χ1) is 17.2. The van der Waals surface area contributed by atoms with Gasteiger partial charge in [-0.2, -0.15) is 5.26 Å². The van der Waals surface area contributed by atoms with Crippen LogP contribution in [0.3, 0.4) is 0 Å². The van der Waals surface area contributed by atoms with Crippen LogP contribution in [0, 0.1) is 11.3 Å². The van der Waals surface area contributed by atoms with Gasteiger partial charge in [0.05, 0.1) is 11.3 Å². The van der Waals surface area contributed by atoms with Crippen LogP contribution in [0.15, 0.2) is 29.4 Å². The molecular formula is C27H33N5O2S2. The molecule has 0 radical (unpaired) electrons. The van der Waals surface area contributed by atoms with Crippen molar-refractivity contribution in [2.24, 2.45) is 7.05 Å². The Labute approximate surface area is 221 Å². The van der Waals surface area contributed by atoms with Crippen LogP contribution in [0.2, 0.25) is 0 Å². The predicted molar refractivity (Wildman–Crippen MR) is 145 cm³/mol. The molecule has 1 aliphatic rings. The van der Waals surface area contributed by atoms with Crippen molar-refractivity contribution in [3.05, 3.63) is 51.7 Å². The van der Waals surface area contributed by atoms with Gasteiger partial charge in [0, 0.05) is 11.9 Å². The number of ether oxygens (including phenoxy) is 1. The Hall–Kier alpha value is -2.83. The summed E-state index contributed by atoms with van der Waals surface area (Å²) in [5.41, 5.74) is 3.10. The molecule has 1 aliphatic carbocycles. The third kappa shape index (κ3) is 5.93. The topological polar surface area (TPSA) is 92.8 Å². The number of thiophene rings is 1. The first kappa shape index (κ1) is 26.2. The maximum absolute atomic E-state index is 12.7. The highest BCUT2D eigenvalue weighted by Crippen LogP contribution is 2.37. The number of fused-ring (bicyclic) bond motifs is 1. The molecule has 0 fully saturated rings. The number of amides is 1. The molecule has 1 amide bonds. The number of nitriles is 1. The van der Waals surface area contributed by atoms with Gasteiger partial charge >= 0.3 is 0 Å². The molecule has 1 aromatic carbocycles. The molecular weight excluding hydrogens is 490 g/mol. The Bertz CT molecular complexity index is 1270. The van der Waals surface area contributed by atoms with Crippen LogP contribution in [-0.2, 0) is 30.1 Å². The first-order valence-electron chi connectivity index (χ1n) is 12.3. The van der Waals surface area contributed by atoms with Crippen LogP contribution >= 0.6 is 23.1 Å². The summed E-state index contributed by atoms with van der Waals surface area (Å²) in [6.07, 6.45) is 5.04. The van der Waals surface area contributed by atoms with Gasteiger partial charge < -0.3 is 14.6 Å². The van der Waals surface area contributed by atoms with Crippen molar-refractivity contribution in [3.8, 4) is 11.8 Å². The Morgan fingerprint density at radius 3 is 2.64 bits per heavy atom. The molecule has 4 rings (SSSR count). The molecule has 1 atom stereocenters. The molecule has 3 aromatic rings. The predicted octanol–water partition coefficient (Wildman–Crippen LogP) is 6.19. The molecule has 7 nitrogen and oxygen atoms in total. The highest BCUT2D eigenvalue weighted by molar-refractivity contribution is 7.99. The fraction of sp³-hybridized carbons (Fsp3) is 0.481. The van der Waals surface area contributed by atoms with Gasteiger partial charge in [0.1, 0.15) is 16.8 Å². The van der Waals surface area contributed by atoms with E-state index in [0.717, 1.165) is 37.0 Å². The number of aromatic nitrogens is 3. The fourth-order valence-electron chi connectivity index (χ4n) is 4.34. The lowest BCUT2D eigenvalue weighted by atomic mass is 9.87. The van der Waals surface area contributed by atoms with Crippen LogP contribution in [0.25, 0.3) is 0 Å². The summed E-state index contributed by atoms with van der Waals surface area (Å²) >= 11 is 2.87. The van der Waals surface area contributed by atoms with Crippen molar-refractivity contribution in [1.29, 1.82) is 5.26 Å². The van der Waals surface area contributed by atoms with E-state index in [-0.39, 0.29) is 23.2 Å². The van der Waals surface area contributed by atoms with E-state index >= 15 is 0 Å². The van der Waals surface area contributed by atoms with E-state index in [1.165, 1.54) is 28.6 Å². The lowest BCUT2D eigenvalue weighted by Gasteiger charge is -2.20. The van der Waals surface area contributed by atoms with Gasteiger partial charge in [0.2, 0.25) is 5.91 Å². The molecule has 9 heteroatoms. The number of hydrogen-bond acceptors (Lipinski definition) is 7. The smallest absolute Gasteiger partial charge is 0.235 e. The van der Waals surface area contributed by atoms with Gasteiger partial charge in [-0.1, -0.05) is 51.1 Å². The summed E-state index contributed by atoms with van der Waals surface area (Å²) < 4.78 is 7.96. The fourth-order valence-corrected chi connectivity index (χ4v) is 6.31. The van der Waals surface area contributed by atoms with Gasteiger partial charge in [-0.25, -0.2) is 0 Å². The highest BCUT2D eigenvalue weighted by atomic mass is 32.2. The zero-order chi connectivity index (χ0) is 25.9. The molecule has 1 unspecified atom stereocenters. The minimum absolute atomic E-state index is 0.0879. The molecule has 36 heavy (non-hydrogen) atoms. The number of nitrogens with zero attached hydrogens (tertiary/aromatic N) is 4. The maximum atomic E-state index is 12.7. The van der Waals surface area contributed by atoms with E-state index < -0.39 is 0 Å². The Balaban J connectivity index is 1.36. The molecule has 2 heterocycles. The lowest BCUT2D eigenvalue weighted by Crippen LogP contribution is -2.15. The van der Waals surface area contributed by atoms with E-state index in [2.05, 4.69) is 54.5 Å². The summed E-state index contributed by atoms with van der Waals surface area (Å²) in [5.74, 6) is 1.49. The SMILES string of the molecule is CC(Oc1ccc(C(C)(C)C)cc1)c1nnc(SCC(=O)Nc2sc3c(c2C#N)CCCCC3)n1C. The average molecular weight is 524 g/mol. The summed E-state index contributed by atoms with van der Waals surface area (Å²) in [7, 11) is 1.88. The first-order valence-corrected chi connectivity index (χ1v) is 14.1. The van der Waals surface area contributed by atoms with E-state index in [0.29, 0.717) is 21.5 Å². The van der Waals surface area contributed by atoms with Gasteiger partial charge in [0.15, 0.2) is 17.1 Å². The minimum Gasteiger partial charge on any atom is -0.483 e. The maximum Gasteiger partial charge on any atom is 0.235 e. The number of hydrogen-bond donors (Lipinski definition) is 1. The van der Waals surface area contributed by atoms with Crippen LogP contribution in [0.1, 0.15) is 80.5 Å². The molecule has 0 spiro atoms. The van der Waals surface area contributed by atoms with Crippen LogP contribution in [0.5, 0.6) is 5.75 Å². The van der Waals surface area contributed by atoms with Gasteiger partial charge in [-0.05, 0) is 61.3 Å². The average Bonchev–Trinajstić information content (AvgIpc) is 3.27. The monoisotopic (exact) mass is 523 g/mol. The van der Waals surface area contributed by atoms with E-state index in [9.17, 15) is 10.1 Å². The van der Waals surface area contributed by atoms with E-state index in [1.807, 2.05) is 30.7 Å². The zero-order valence-corrected chi connectivity index (χ0v) is 23.2. The second-order valence-electron chi connectivity index (χ2n) is 10.2. The largest absolute Gasteiger partial charge is 0.483 e. The van der Waals surface area contributed by atoms with Gasteiger partial charge in [0.25, 0.3) is 0 Å².